The van der Waals surface area contributed by atoms with E-state index in [-0.39, 0.29) is 37.4 Å². The van der Waals surface area contributed by atoms with Crippen molar-refractivity contribution in [2.24, 2.45) is 5.92 Å². The lowest BCUT2D eigenvalue weighted by Gasteiger charge is -2.14. The lowest BCUT2D eigenvalue weighted by atomic mass is 10.1. The van der Waals surface area contributed by atoms with E-state index in [0.717, 1.165) is 0 Å². The van der Waals surface area contributed by atoms with Crippen LogP contribution < -0.4 is 20.7 Å². The van der Waals surface area contributed by atoms with Crippen molar-refractivity contribution < 1.29 is 23.5 Å². The lowest BCUT2D eigenvalue weighted by Crippen LogP contribution is -2.35. The van der Waals surface area contributed by atoms with Crippen LogP contribution in [0, 0.1) is 11.7 Å². The van der Waals surface area contributed by atoms with Crippen LogP contribution in [0.4, 0.5) is 21.6 Å². The molecule has 1 atom stereocenters. The average Bonchev–Trinajstić information content (AvgIpc) is 2.92. The van der Waals surface area contributed by atoms with E-state index in [1.165, 1.54) is 25.6 Å². The number of carbonyl (C=O) groups is 2. The predicted molar refractivity (Wildman–Crippen MR) is 148 cm³/mol. The highest BCUT2D eigenvalue weighted by Gasteiger charge is 2.15. The standard InChI is InChI=1S/C28H27ClFN5O4/c1-17(13-31-26(36)15-38-2)28(37)35-20-6-8-24-22(11-20)27(33-16-32-24)34-21-7-9-25(23(29)12-21)39-14-18-4-3-5-19(30)10-18/h3-12,16-17H,13-15H2,1-2H3,(H,31,36)(H,35,37)(H,32,33,34). The Hall–Kier alpha value is -4.28. The maximum absolute atomic E-state index is 13.4. The Morgan fingerprint density at radius 2 is 1.87 bits per heavy atom. The second kappa shape index (κ2) is 13.0. The van der Waals surface area contributed by atoms with Gasteiger partial charge in [-0.1, -0.05) is 30.7 Å². The van der Waals surface area contributed by atoms with Gasteiger partial charge in [-0.05, 0) is 54.1 Å². The molecule has 1 heterocycles. The van der Waals surface area contributed by atoms with Crippen molar-refractivity contribution in [3.63, 3.8) is 0 Å². The van der Waals surface area contributed by atoms with E-state index >= 15 is 0 Å². The Balaban J connectivity index is 1.44. The lowest BCUT2D eigenvalue weighted by molar-refractivity contribution is -0.125. The van der Waals surface area contributed by atoms with E-state index < -0.39 is 5.92 Å². The fraction of sp³-hybridized carbons (Fsp3) is 0.214. The van der Waals surface area contributed by atoms with E-state index in [9.17, 15) is 14.0 Å². The van der Waals surface area contributed by atoms with E-state index in [0.29, 0.717) is 44.4 Å². The number of hydrogen-bond acceptors (Lipinski definition) is 7. The fourth-order valence-corrected chi connectivity index (χ4v) is 3.90. The summed E-state index contributed by atoms with van der Waals surface area (Å²) in [6.07, 6.45) is 1.44. The number of nitrogens with zero attached hydrogens (tertiary/aromatic N) is 2. The van der Waals surface area contributed by atoms with Crippen molar-refractivity contribution >= 4 is 51.5 Å². The molecule has 0 fully saturated rings. The van der Waals surface area contributed by atoms with Gasteiger partial charge in [-0.3, -0.25) is 9.59 Å². The van der Waals surface area contributed by atoms with Gasteiger partial charge in [-0.25, -0.2) is 14.4 Å². The maximum Gasteiger partial charge on any atom is 0.246 e. The number of benzene rings is 3. The third-order valence-corrected chi connectivity index (χ3v) is 6.00. The van der Waals surface area contributed by atoms with Gasteiger partial charge < -0.3 is 25.4 Å². The van der Waals surface area contributed by atoms with Crippen molar-refractivity contribution in [3.8, 4) is 5.75 Å². The molecule has 1 unspecified atom stereocenters. The summed E-state index contributed by atoms with van der Waals surface area (Å²) in [5, 5.41) is 9.80. The van der Waals surface area contributed by atoms with Crippen molar-refractivity contribution in [3.05, 3.63) is 83.4 Å². The molecule has 0 aliphatic carbocycles. The number of ether oxygens (including phenoxy) is 2. The van der Waals surface area contributed by atoms with Gasteiger partial charge in [-0.15, -0.1) is 0 Å². The number of rotatable bonds is 11. The second-order valence-corrected chi connectivity index (χ2v) is 9.18. The van der Waals surface area contributed by atoms with Crippen LogP contribution in [-0.2, 0) is 20.9 Å². The molecule has 0 bridgehead atoms. The minimum Gasteiger partial charge on any atom is -0.487 e. The summed E-state index contributed by atoms with van der Waals surface area (Å²) >= 11 is 6.43. The van der Waals surface area contributed by atoms with Gasteiger partial charge in [-0.2, -0.15) is 0 Å². The molecule has 4 aromatic rings. The first-order valence-corrected chi connectivity index (χ1v) is 12.4. The first kappa shape index (κ1) is 27.7. The van der Waals surface area contributed by atoms with Crippen molar-refractivity contribution in [2.45, 2.75) is 13.5 Å². The Morgan fingerprint density at radius 1 is 1.05 bits per heavy atom. The molecule has 1 aromatic heterocycles. The van der Waals surface area contributed by atoms with E-state index in [1.54, 1.807) is 55.5 Å². The Bertz CT molecular complexity index is 1490. The van der Waals surface area contributed by atoms with Crippen LogP contribution in [0.5, 0.6) is 5.75 Å². The molecule has 0 radical (unpaired) electrons. The molecule has 0 aliphatic rings. The molecule has 0 aliphatic heterocycles. The van der Waals surface area contributed by atoms with Crippen LogP contribution in [0.25, 0.3) is 10.9 Å². The van der Waals surface area contributed by atoms with Gasteiger partial charge in [0, 0.05) is 30.4 Å². The van der Waals surface area contributed by atoms with E-state index in [1.807, 2.05) is 0 Å². The Morgan fingerprint density at radius 3 is 2.64 bits per heavy atom. The minimum atomic E-state index is -0.463. The highest BCUT2D eigenvalue weighted by atomic mass is 35.5. The molecule has 202 valence electrons. The molecular formula is C28H27ClFN5O4. The van der Waals surface area contributed by atoms with Gasteiger partial charge >= 0.3 is 0 Å². The molecule has 3 aromatic carbocycles. The first-order valence-electron chi connectivity index (χ1n) is 12.1. The normalized spacial score (nSPS) is 11.6. The number of fused-ring (bicyclic) bond motifs is 1. The van der Waals surface area contributed by atoms with Crippen molar-refractivity contribution in [1.29, 1.82) is 0 Å². The maximum atomic E-state index is 13.4. The Labute approximate surface area is 229 Å². The van der Waals surface area contributed by atoms with Crippen LogP contribution in [0.3, 0.4) is 0 Å². The molecule has 0 saturated carbocycles. The number of anilines is 3. The number of hydrogen-bond donors (Lipinski definition) is 3. The summed E-state index contributed by atoms with van der Waals surface area (Å²) < 4.78 is 23.9. The van der Waals surface area contributed by atoms with Crippen LogP contribution in [0.15, 0.2) is 67.0 Å². The number of aromatic nitrogens is 2. The third kappa shape index (κ3) is 7.62. The molecule has 11 heteroatoms. The highest BCUT2D eigenvalue weighted by Crippen LogP contribution is 2.31. The summed E-state index contributed by atoms with van der Waals surface area (Å²) in [6, 6.07) is 16.7. The number of methoxy groups -OCH3 is 1. The van der Waals surface area contributed by atoms with Crippen LogP contribution in [-0.4, -0.2) is 42.0 Å². The highest BCUT2D eigenvalue weighted by molar-refractivity contribution is 6.32. The monoisotopic (exact) mass is 551 g/mol. The molecule has 3 N–H and O–H groups in total. The zero-order valence-electron chi connectivity index (χ0n) is 21.3. The molecule has 9 nitrogen and oxygen atoms in total. The summed E-state index contributed by atoms with van der Waals surface area (Å²) in [5.41, 5.74) is 2.58. The number of halogens is 2. The molecule has 4 rings (SSSR count). The van der Waals surface area contributed by atoms with Gasteiger partial charge in [0.05, 0.1) is 16.5 Å². The second-order valence-electron chi connectivity index (χ2n) is 8.77. The van der Waals surface area contributed by atoms with Crippen LogP contribution in [0.1, 0.15) is 12.5 Å². The largest absolute Gasteiger partial charge is 0.487 e. The van der Waals surface area contributed by atoms with Crippen molar-refractivity contribution in [1.82, 2.24) is 15.3 Å². The average molecular weight is 552 g/mol. The molecular weight excluding hydrogens is 525 g/mol. The summed E-state index contributed by atoms with van der Waals surface area (Å²) in [7, 11) is 1.43. The zero-order valence-corrected chi connectivity index (χ0v) is 22.1. The van der Waals surface area contributed by atoms with Crippen molar-refractivity contribution in [2.75, 3.05) is 30.9 Å². The van der Waals surface area contributed by atoms with E-state index in [4.69, 9.17) is 21.1 Å². The predicted octanol–water partition coefficient (Wildman–Crippen LogP) is 5.08. The molecule has 0 spiro atoms. The number of carbonyl (C=O) groups excluding carboxylic acids is 2. The first-order chi connectivity index (χ1) is 18.8. The summed E-state index contributed by atoms with van der Waals surface area (Å²) in [5.74, 6) is -0.365. The third-order valence-electron chi connectivity index (χ3n) is 5.71. The van der Waals surface area contributed by atoms with Gasteiger partial charge in [0.25, 0.3) is 0 Å². The summed E-state index contributed by atoms with van der Waals surface area (Å²) in [6.45, 7) is 2.01. The zero-order chi connectivity index (χ0) is 27.8. The van der Waals surface area contributed by atoms with Gasteiger partial charge in [0.2, 0.25) is 11.8 Å². The Kier molecular flexibility index (Phi) is 9.24. The number of amides is 2. The van der Waals surface area contributed by atoms with Gasteiger partial charge in [0.1, 0.15) is 36.9 Å². The molecule has 2 amide bonds. The smallest absolute Gasteiger partial charge is 0.246 e. The van der Waals surface area contributed by atoms with Crippen LogP contribution >= 0.6 is 11.6 Å². The quantitative estimate of drug-likeness (QED) is 0.238. The number of nitrogens with one attached hydrogen (secondary N) is 3. The van der Waals surface area contributed by atoms with E-state index in [2.05, 4.69) is 25.9 Å². The topological polar surface area (TPSA) is 114 Å². The summed E-state index contributed by atoms with van der Waals surface area (Å²) in [4.78, 5) is 32.9. The van der Waals surface area contributed by atoms with Gasteiger partial charge in [0.15, 0.2) is 0 Å². The van der Waals surface area contributed by atoms with Crippen LogP contribution in [0.2, 0.25) is 5.02 Å². The molecule has 0 saturated heterocycles. The molecule has 39 heavy (non-hydrogen) atoms. The minimum absolute atomic E-state index is 0.0648. The SMILES string of the molecule is COCC(=O)NCC(C)C(=O)Nc1ccc2ncnc(Nc3ccc(OCc4cccc(F)c4)c(Cl)c3)c2c1. The fourth-order valence-electron chi connectivity index (χ4n) is 3.66.